The molecule has 0 unspecified atom stereocenters. The summed E-state index contributed by atoms with van der Waals surface area (Å²) in [4.78, 5) is 16.8. The molecule has 0 radical (unpaired) electrons. The van der Waals surface area contributed by atoms with Crippen molar-refractivity contribution in [3.05, 3.63) is 23.6 Å². The number of hydrogen-bond donors (Lipinski definition) is 2. The Hall–Kier alpha value is -1.69. The van der Waals surface area contributed by atoms with Gasteiger partial charge in [-0.2, -0.15) is 0 Å². The Kier molecular flexibility index (Phi) is 3.76. The van der Waals surface area contributed by atoms with E-state index < -0.39 is 11.8 Å². The summed E-state index contributed by atoms with van der Waals surface area (Å²) in [5.74, 6) is -1.27. The highest BCUT2D eigenvalue weighted by atomic mass is 19.1. The molecule has 1 aliphatic rings. The molecule has 18 heavy (non-hydrogen) atoms. The highest BCUT2D eigenvalue weighted by Crippen LogP contribution is 2.24. The van der Waals surface area contributed by atoms with E-state index in [1.54, 1.807) is 0 Å². The van der Waals surface area contributed by atoms with Crippen LogP contribution in [0, 0.1) is 11.7 Å². The van der Waals surface area contributed by atoms with Crippen LogP contribution < -0.4 is 4.90 Å². The van der Waals surface area contributed by atoms with Crippen LogP contribution in [0.1, 0.15) is 23.2 Å². The molecule has 1 aromatic heterocycles. The minimum Gasteiger partial charge on any atom is -0.478 e. The summed E-state index contributed by atoms with van der Waals surface area (Å²) in [6.45, 7) is 1.41. The molecule has 0 aliphatic carbocycles. The number of rotatable bonds is 3. The molecule has 5 nitrogen and oxygen atoms in total. The Morgan fingerprint density at radius 1 is 1.50 bits per heavy atom. The fraction of sp³-hybridized carbons (Fsp3) is 0.500. The van der Waals surface area contributed by atoms with Gasteiger partial charge in [-0.3, -0.25) is 0 Å². The molecule has 2 rings (SSSR count). The normalized spacial score (nSPS) is 16.9. The van der Waals surface area contributed by atoms with E-state index in [1.807, 2.05) is 4.90 Å². The van der Waals surface area contributed by atoms with Gasteiger partial charge in [-0.05, 0) is 24.8 Å². The number of aromatic nitrogens is 1. The molecule has 6 heteroatoms. The molecule has 0 bridgehead atoms. The van der Waals surface area contributed by atoms with Crippen molar-refractivity contribution in [1.29, 1.82) is 0 Å². The lowest BCUT2D eigenvalue weighted by atomic mass is 9.97. The predicted molar refractivity (Wildman–Crippen MR) is 63.2 cm³/mol. The number of anilines is 1. The number of carboxylic acid groups (broad SMARTS) is 1. The molecule has 0 saturated carbocycles. The van der Waals surface area contributed by atoms with Gasteiger partial charge in [0.05, 0.1) is 6.20 Å². The number of nitrogens with zero attached hydrogens (tertiary/aromatic N) is 2. The van der Waals surface area contributed by atoms with E-state index >= 15 is 0 Å². The number of carbonyl (C=O) groups is 1. The molecule has 0 spiro atoms. The van der Waals surface area contributed by atoms with Crippen molar-refractivity contribution < 1.29 is 19.4 Å². The number of carboxylic acids is 1. The zero-order chi connectivity index (χ0) is 13.1. The lowest BCUT2D eigenvalue weighted by Crippen LogP contribution is -2.36. The third kappa shape index (κ3) is 2.59. The van der Waals surface area contributed by atoms with Gasteiger partial charge in [0, 0.05) is 19.7 Å². The Balaban J connectivity index is 2.21. The SMILES string of the molecule is O=C(O)c1cc(F)cnc1N1CCC(CO)CC1. The van der Waals surface area contributed by atoms with Gasteiger partial charge in [0.2, 0.25) is 0 Å². The second kappa shape index (κ2) is 5.30. The minimum atomic E-state index is -1.18. The first-order valence-electron chi connectivity index (χ1n) is 5.86. The van der Waals surface area contributed by atoms with E-state index in [9.17, 15) is 9.18 Å². The summed E-state index contributed by atoms with van der Waals surface area (Å²) in [7, 11) is 0. The van der Waals surface area contributed by atoms with Crippen molar-refractivity contribution in [3.63, 3.8) is 0 Å². The van der Waals surface area contributed by atoms with Crippen LogP contribution in [0.3, 0.4) is 0 Å². The average Bonchev–Trinajstić information content (AvgIpc) is 2.39. The molecule has 0 aromatic carbocycles. The Morgan fingerprint density at radius 2 is 2.17 bits per heavy atom. The Morgan fingerprint density at radius 3 is 2.72 bits per heavy atom. The number of aliphatic hydroxyl groups is 1. The highest BCUT2D eigenvalue weighted by molar-refractivity contribution is 5.93. The van der Waals surface area contributed by atoms with Crippen LogP contribution in [0.2, 0.25) is 0 Å². The van der Waals surface area contributed by atoms with E-state index in [4.69, 9.17) is 10.2 Å². The molecule has 98 valence electrons. The lowest BCUT2D eigenvalue weighted by molar-refractivity contribution is 0.0696. The lowest BCUT2D eigenvalue weighted by Gasteiger charge is -2.32. The summed E-state index contributed by atoms with van der Waals surface area (Å²) >= 11 is 0. The number of halogens is 1. The van der Waals surface area contributed by atoms with Crippen LogP contribution in [0.5, 0.6) is 0 Å². The maximum absolute atomic E-state index is 13.0. The van der Waals surface area contributed by atoms with Crippen molar-refractivity contribution in [2.24, 2.45) is 5.92 Å². The highest BCUT2D eigenvalue weighted by Gasteiger charge is 2.23. The second-order valence-electron chi connectivity index (χ2n) is 4.44. The van der Waals surface area contributed by atoms with Gasteiger partial charge < -0.3 is 15.1 Å². The first-order chi connectivity index (χ1) is 8.61. The van der Waals surface area contributed by atoms with Gasteiger partial charge >= 0.3 is 5.97 Å². The summed E-state index contributed by atoms with van der Waals surface area (Å²) < 4.78 is 13.0. The number of aromatic carboxylic acids is 1. The van der Waals surface area contributed by atoms with E-state index in [0.717, 1.165) is 25.1 Å². The van der Waals surface area contributed by atoms with Crippen LogP contribution in [-0.4, -0.2) is 40.9 Å². The van der Waals surface area contributed by atoms with E-state index in [2.05, 4.69) is 4.98 Å². The van der Waals surface area contributed by atoms with Crippen molar-refractivity contribution in [3.8, 4) is 0 Å². The summed E-state index contributed by atoms with van der Waals surface area (Å²) in [5, 5.41) is 18.1. The molecule has 1 fully saturated rings. The molecule has 1 aliphatic heterocycles. The minimum absolute atomic E-state index is 0.113. The Labute approximate surface area is 104 Å². The maximum atomic E-state index is 13.0. The van der Waals surface area contributed by atoms with Gasteiger partial charge in [-0.25, -0.2) is 14.2 Å². The maximum Gasteiger partial charge on any atom is 0.339 e. The summed E-state index contributed by atoms with van der Waals surface area (Å²) in [6, 6.07) is 0.989. The zero-order valence-electron chi connectivity index (χ0n) is 9.84. The molecular weight excluding hydrogens is 239 g/mol. The largest absolute Gasteiger partial charge is 0.478 e. The smallest absolute Gasteiger partial charge is 0.339 e. The molecule has 1 aromatic rings. The third-order valence-electron chi connectivity index (χ3n) is 3.24. The topological polar surface area (TPSA) is 73.7 Å². The van der Waals surface area contributed by atoms with Crippen LogP contribution in [0.4, 0.5) is 10.2 Å². The summed E-state index contributed by atoms with van der Waals surface area (Å²) in [5.41, 5.74) is -0.113. The second-order valence-corrected chi connectivity index (χ2v) is 4.44. The molecule has 0 atom stereocenters. The molecule has 0 amide bonds. The monoisotopic (exact) mass is 254 g/mol. The van der Waals surface area contributed by atoms with Crippen molar-refractivity contribution in [2.75, 3.05) is 24.6 Å². The van der Waals surface area contributed by atoms with Gasteiger partial charge in [-0.15, -0.1) is 0 Å². The third-order valence-corrected chi connectivity index (χ3v) is 3.24. The average molecular weight is 254 g/mol. The number of pyridine rings is 1. The van der Waals surface area contributed by atoms with E-state index in [-0.39, 0.29) is 18.1 Å². The van der Waals surface area contributed by atoms with Crippen LogP contribution >= 0.6 is 0 Å². The number of hydrogen-bond acceptors (Lipinski definition) is 4. The van der Waals surface area contributed by atoms with Crippen molar-refractivity contribution >= 4 is 11.8 Å². The fourth-order valence-electron chi connectivity index (χ4n) is 2.17. The van der Waals surface area contributed by atoms with Crippen LogP contribution in [0.25, 0.3) is 0 Å². The van der Waals surface area contributed by atoms with Gasteiger partial charge in [-0.1, -0.05) is 0 Å². The van der Waals surface area contributed by atoms with Crippen LogP contribution in [-0.2, 0) is 0 Å². The first kappa shape index (κ1) is 12.8. The summed E-state index contributed by atoms with van der Waals surface area (Å²) in [6.07, 6.45) is 2.60. The van der Waals surface area contributed by atoms with E-state index in [1.165, 1.54) is 0 Å². The predicted octanol–water partition coefficient (Wildman–Crippen LogP) is 1.13. The van der Waals surface area contributed by atoms with Crippen molar-refractivity contribution in [1.82, 2.24) is 4.98 Å². The molecule has 2 N–H and O–H groups in total. The van der Waals surface area contributed by atoms with Crippen LogP contribution in [0.15, 0.2) is 12.3 Å². The fourth-order valence-corrected chi connectivity index (χ4v) is 2.17. The molecular formula is C12H15FN2O3. The molecule has 1 saturated heterocycles. The van der Waals surface area contributed by atoms with Gasteiger partial charge in [0.1, 0.15) is 17.2 Å². The number of aliphatic hydroxyl groups excluding tert-OH is 1. The van der Waals surface area contributed by atoms with Gasteiger partial charge in [0.15, 0.2) is 0 Å². The van der Waals surface area contributed by atoms with Crippen molar-refractivity contribution in [2.45, 2.75) is 12.8 Å². The zero-order valence-corrected chi connectivity index (χ0v) is 9.84. The Bertz CT molecular complexity index is 445. The quantitative estimate of drug-likeness (QED) is 0.845. The number of piperidine rings is 1. The molecule has 2 heterocycles. The van der Waals surface area contributed by atoms with E-state index in [0.29, 0.717) is 18.9 Å². The standard InChI is InChI=1S/C12H15FN2O3/c13-9-5-10(12(17)18)11(14-6-9)15-3-1-8(7-16)2-4-15/h5-6,8,16H,1-4,7H2,(H,17,18). The van der Waals surface area contributed by atoms with Gasteiger partial charge in [0.25, 0.3) is 0 Å². The first-order valence-corrected chi connectivity index (χ1v) is 5.86.